The van der Waals surface area contributed by atoms with E-state index in [0.29, 0.717) is 16.8 Å². The van der Waals surface area contributed by atoms with Crippen LogP contribution in [0.4, 0.5) is 4.39 Å². The molecule has 0 saturated heterocycles. The molecule has 2 aromatic heterocycles. The SMILES string of the molecule is N#Cc1cccc(C#N)c1-n1c2ccccc2c2ccc3c(c4ccccc4n3-c3ccc(F)cc3)c21. The maximum atomic E-state index is 13.8. The number of aromatic nitrogens is 2. The fourth-order valence-corrected chi connectivity index (χ4v) is 5.57. The minimum atomic E-state index is -0.288. The van der Waals surface area contributed by atoms with Gasteiger partial charge in [-0.15, -0.1) is 0 Å². The standard InChI is InChI=1S/C32H17FN4/c33-22-12-14-23(15-13-22)36-28-11-4-2-9-26(28)30-29(36)17-16-25-24-8-1-3-10-27(24)37(32(25)30)31-20(18-34)6-5-7-21(31)19-35/h1-17H. The summed E-state index contributed by atoms with van der Waals surface area (Å²) in [5.74, 6) is -0.288. The minimum Gasteiger partial charge on any atom is -0.309 e. The normalized spacial score (nSPS) is 11.3. The van der Waals surface area contributed by atoms with Gasteiger partial charge in [0, 0.05) is 27.2 Å². The molecule has 172 valence electrons. The lowest BCUT2D eigenvalue weighted by Crippen LogP contribution is -2.01. The number of hydrogen-bond acceptors (Lipinski definition) is 2. The highest BCUT2D eigenvalue weighted by atomic mass is 19.1. The molecule has 0 unspecified atom stereocenters. The summed E-state index contributed by atoms with van der Waals surface area (Å²) in [6, 6.07) is 36.7. The number of hydrogen-bond donors (Lipinski definition) is 0. The summed E-state index contributed by atoms with van der Waals surface area (Å²) in [6.07, 6.45) is 0. The van der Waals surface area contributed by atoms with E-state index in [-0.39, 0.29) is 5.82 Å². The molecule has 0 aliphatic rings. The first kappa shape index (κ1) is 20.9. The van der Waals surface area contributed by atoms with Crippen LogP contribution in [0.3, 0.4) is 0 Å². The first-order valence-corrected chi connectivity index (χ1v) is 11.9. The maximum absolute atomic E-state index is 13.8. The van der Waals surface area contributed by atoms with Gasteiger partial charge in [0.15, 0.2) is 0 Å². The third-order valence-electron chi connectivity index (χ3n) is 7.06. The zero-order valence-electron chi connectivity index (χ0n) is 19.5. The molecule has 0 aliphatic carbocycles. The molecular weight excluding hydrogens is 459 g/mol. The summed E-state index contributed by atoms with van der Waals surface area (Å²) in [6.45, 7) is 0. The molecule has 7 rings (SSSR count). The van der Waals surface area contributed by atoms with Crippen LogP contribution < -0.4 is 0 Å². The van der Waals surface area contributed by atoms with Crippen molar-refractivity contribution in [1.82, 2.24) is 9.13 Å². The Balaban J connectivity index is 1.77. The monoisotopic (exact) mass is 476 g/mol. The number of para-hydroxylation sites is 3. The van der Waals surface area contributed by atoms with Gasteiger partial charge >= 0.3 is 0 Å². The summed E-state index contributed by atoms with van der Waals surface area (Å²) < 4.78 is 18.0. The first-order valence-electron chi connectivity index (χ1n) is 11.9. The number of benzene rings is 5. The van der Waals surface area contributed by atoms with Crippen molar-refractivity contribution < 1.29 is 4.39 Å². The van der Waals surface area contributed by atoms with Gasteiger partial charge in [-0.1, -0.05) is 48.5 Å². The fraction of sp³-hybridized carbons (Fsp3) is 0. The molecule has 37 heavy (non-hydrogen) atoms. The highest BCUT2D eigenvalue weighted by Gasteiger charge is 2.23. The number of fused-ring (bicyclic) bond motifs is 7. The number of nitrogens with zero attached hydrogens (tertiary/aromatic N) is 4. The lowest BCUT2D eigenvalue weighted by Gasteiger charge is -2.13. The molecule has 2 heterocycles. The first-order chi connectivity index (χ1) is 18.2. The molecule has 0 spiro atoms. The number of nitriles is 2. The van der Waals surface area contributed by atoms with Crippen LogP contribution in [0, 0.1) is 28.5 Å². The highest BCUT2D eigenvalue weighted by Crippen LogP contribution is 2.42. The smallest absolute Gasteiger partial charge is 0.123 e. The lowest BCUT2D eigenvalue weighted by molar-refractivity contribution is 0.627. The third-order valence-corrected chi connectivity index (χ3v) is 7.06. The van der Waals surface area contributed by atoms with Crippen molar-refractivity contribution >= 4 is 43.6 Å². The van der Waals surface area contributed by atoms with E-state index < -0.39 is 0 Å². The van der Waals surface area contributed by atoms with Gasteiger partial charge < -0.3 is 9.13 Å². The van der Waals surface area contributed by atoms with Crippen molar-refractivity contribution in [3.05, 3.63) is 120 Å². The van der Waals surface area contributed by atoms with Crippen LogP contribution in [0.15, 0.2) is 103 Å². The highest BCUT2D eigenvalue weighted by molar-refractivity contribution is 6.26. The van der Waals surface area contributed by atoms with Gasteiger partial charge in [-0.3, -0.25) is 0 Å². The van der Waals surface area contributed by atoms with Crippen LogP contribution in [0.2, 0.25) is 0 Å². The fourth-order valence-electron chi connectivity index (χ4n) is 5.57. The summed E-state index contributed by atoms with van der Waals surface area (Å²) in [7, 11) is 0. The predicted molar refractivity (Wildman–Crippen MR) is 145 cm³/mol. The van der Waals surface area contributed by atoms with Crippen LogP contribution in [-0.4, -0.2) is 9.13 Å². The zero-order chi connectivity index (χ0) is 25.1. The van der Waals surface area contributed by atoms with Crippen molar-refractivity contribution in [2.24, 2.45) is 0 Å². The van der Waals surface area contributed by atoms with E-state index in [1.165, 1.54) is 12.1 Å². The number of rotatable bonds is 2. The van der Waals surface area contributed by atoms with E-state index in [9.17, 15) is 14.9 Å². The summed E-state index contributed by atoms with van der Waals surface area (Å²) in [5, 5.41) is 24.2. The molecule has 5 aromatic carbocycles. The molecule has 0 saturated carbocycles. The van der Waals surface area contributed by atoms with Gasteiger partial charge in [0.2, 0.25) is 0 Å². The Kier molecular flexibility index (Phi) is 4.42. The van der Waals surface area contributed by atoms with E-state index in [1.807, 2.05) is 30.3 Å². The Morgan fingerprint density at radius 1 is 0.541 bits per heavy atom. The molecule has 0 radical (unpaired) electrons. The molecule has 0 N–H and O–H groups in total. The van der Waals surface area contributed by atoms with Gasteiger partial charge in [-0.05, 0) is 54.6 Å². The Morgan fingerprint density at radius 3 is 1.84 bits per heavy atom. The van der Waals surface area contributed by atoms with Crippen molar-refractivity contribution in [1.29, 1.82) is 10.5 Å². The van der Waals surface area contributed by atoms with Crippen LogP contribution in [0.25, 0.3) is 55.0 Å². The van der Waals surface area contributed by atoms with Gasteiger partial charge in [-0.2, -0.15) is 10.5 Å². The molecule has 0 aliphatic heterocycles. The van der Waals surface area contributed by atoms with Crippen molar-refractivity contribution in [3.8, 4) is 23.5 Å². The Morgan fingerprint density at radius 2 is 1.16 bits per heavy atom. The van der Waals surface area contributed by atoms with Gasteiger partial charge in [0.1, 0.15) is 18.0 Å². The zero-order valence-corrected chi connectivity index (χ0v) is 19.5. The second-order valence-corrected chi connectivity index (χ2v) is 8.96. The largest absolute Gasteiger partial charge is 0.309 e. The molecule has 0 amide bonds. The van der Waals surface area contributed by atoms with Gasteiger partial charge in [0.05, 0.1) is 38.9 Å². The van der Waals surface area contributed by atoms with Crippen LogP contribution in [0.5, 0.6) is 0 Å². The van der Waals surface area contributed by atoms with Gasteiger partial charge in [-0.25, -0.2) is 4.39 Å². The van der Waals surface area contributed by atoms with Crippen molar-refractivity contribution in [2.75, 3.05) is 0 Å². The molecule has 0 fully saturated rings. The van der Waals surface area contributed by atoms with E-state index in [1.54, 1.807) is 30.3 Å². The Hall–Kier alpha value is -5.39. The van der Waals surface area contributed by atoms with E-state index in [0.717, 1.165) is 49.3 Å². The van der Waals surface area contributed by atoms with Crippen molar-refractivity contribution in [2.45, 2.75) is 0 Å². The Bertz CT molecular complexity index is 2080. The van der Waals surface area contributed by atoms with Gasteiger partial charge in [0.25, 0.3) is 0 Å². The van der Waals surface area contributed by atoms with E-state index in [4.69, 9.17) is 0 Å². The second kappa shape index (κ2) is 7.81. The molecule has 7 aromatic rings. The summed E-state index contributed by atoms with van der Waals surface area (Å²) in [5.41, 5.74) is 6.08. The minimum absolute atomic E-state index is 0.288. The summed E-state index contributed by atoms with van der Waals surface area (Å²) >= 11 is 0. The average molecular weight is 477 g/mol. The maximum Gasteiger partial charge on any atom is 0.123 e. The number of halogens is 1. The molecule has 5 heteroatoms. The molecule has 0 atom stereocenters. The average Bonchev–Trinajstić information content (AvgIpc) is 3.46. The van der Waals surface area contributed by atoms with Crippen LogP contribution >= 0.6 is 0 Å². The lowest BCUT2D eigenvalue weighted by atomic mass is 10.1. The quantitative estimate of drug-likeness (QED) is 0.256. The topological polar surface area (TPSA) is 57.4 Å². The molecule has 0 bridgehead atoms. The Labute approximate surface area is 211 Å². The van der Waals surface area contributed by atoms with Crippen molar-refractivity contribution in [3.63, 3.8) is 0 Å². The molecule has 4 nitrogen and oxygen atoms in total. The van der Waals surface area contributed by atoms with Crippen LogP contribution in [0.1, 0.15) is 11.1 Å². The second-order valence-electron chi connectivity index (χ2n) is 8.96. The van der Waals surface area contributed by atoms with E-state index in [2.05, 4.69) is 51.6 Å². The van der Waals surface area contributed by atoms with Crippen LogP contribution in [-0.2, 0) is 0 Å². The third kappa shape index (κ3) is 2.86. The van der Waals surface area contributed by atoms with E-state index >= 15 is 0 Å². The predicted octanol–water partition coefficient (Wildman–Crippen LogP) is 7.76. The molecular formula is C32H17FN4. The summed E-state index contributed by atoms with van der Waals surface area (Å²) in [4.78, 5) is 0.